The summed E-state index contributed by atoms with van der Waals surface area (Å²) in [7, 11) is 0. The van der Waals surface area contributed by atoms with Gasteiger partial charge in [-0.25, -0.2) is 4.98 Å². The number of nitrogens with one attached hydrogen (secondary N) is 2. The van der Waals surface area contributed by atoms with Gasteiger partial charge in [0.1, 0.15) is 6.04 Å². The van der Waals surface area contributed by atoms with Crippen molar-refractivity contribution in [1.82, 2.24) is 14.9 Å². The molecule has 2 rings (SSSR count). The Kier molecular flexibility index (Phi) is 4.47. The maximum atomic E-state index is 12.1. The van der Waals surface area contributed by atoms with E-state index >= 15 is 0 Å². The molecule has 0 saturated heterocycles. The summed E-state index contributed by atoms with van der Waals surface area (Å²) in [4.78, 5) is 27.4. The Morgan fingerprint density at radius 3 is 2.76 bits per heavy atom. The lowest BCUT2D eigenvalue weighted by atomic mass is 10.3. The molecule has 0 bridgehead atoms. The van der Waals surface area contributed by atoms with Crippen LogP contribution in [0.3, 0.4) is 0 Å². The molecule has 1 aromatic heterocycles. The zero-order valence-electron chi connectivity index (χ0n) is 12.1. The summed E-state index contributed by atoms with van der Waals surface area (Å²) in [5.74, 6) is -0.133. The first-order chi connectivity index (χ1) is 9.92. The third-order valence-corrected chi connectivity index (χ3v) is 3.31. The highest BCUT2D eigenvalue weighted by Gasteiger charge is 2.17. The summed E-state index contributed by atoms with van der Waals surface area (Å²) in [6, 6.07) is 4.76. The summed E-state index contributed by atoms with van der Waals surface area (Å²) in [6.45, 7) is 5.60. The van der Waals surface area contributed by atoms with Crippen LogP contribution in [-0.2, 0) is 16.1 Å². The molecule has 1 heterocycles. The minimum Gasteiger partial charge on any atom is -0.345 e. The summed E-state index contributed by atoms with van der Waals surface area (Å²) in [5, 5.41) is 5.86. The van der Waals surface area contributed by atoms with E-state index in [0.29, 0.717) is 23.0 Å². The standard InChI is InChI=1S/C14H17ClN4O2/c1-4-19-12-6-5-10(15)7-11(12)17-14(19)18-13(21)8(2)16-9(3)20/h5-8H,4H2,1-3H3,(H,16,20)(H,17,18,21)/t8-/m0/s1. The van der Waals surface area contributed by atoms with E-state index < -0.39 is 6.04 Å². The van der Waals surface area contributed by atoms with Gasteiger partial charge in [0, 0.05) is 18.5 Å². The molecule has 2 N–H and O–H groups in total. The van der Waals surface area contributed by atoms with Crippen LogP contribution in [0, 0.1) is 0 Å². The number of rotatable bonds is 4. The fourth-order valence-electron chi connectivity index (χ4n) is 2.11. The number of anilines is 1. The van der Waals surface area contributed by atoms with Crippen LogP contribution in [0.25, 0.3) is 11.0 Å². The van der Waals surface area contributed by atoms with Crippen molar-refractivity contribution in [3.63, 3.8) is 0 Å². The highest BCUT2D eigenvalue weighted by molar-refractivity contribution is 6.31. The molecule has 0 aliphatic carbocycles. The number of hydrogen-bond acceptors (Lipinski definition) is 3. The Hall–Kier alpha value is -2.08. The van der Waals surface area contributed by atoms with E-state index in [4.69, 9.17) is 11.6 Å². The molecular weight excluding hydrogens is 292 g/mol. The predicted molar refractivity (Wildman–Crippen MR) is 82.3 cm³/mol. The van der Waals surface area contributed by atoms with Gasteiger partial charge in [0.05, 0.1) is 11.0 Å². The van der Waals surface area contributed by atoms with E-state index in [1.54, 1.807) is 19.1 Å². The van der Waals surface area contributed by atoms with Gasteiger partial charge in [0.15, 0.2) is 0 Å². The van der Waals surface area contributed by atoms with E-state index in [0.717, 1.165) is 5.52 Å². The number of benzene rings is 1. The molecule has 21 heavy (non-hydrogen) atoms. The van der Waals surface area contributed by atoms with E-state index in [2.05, 4.69) is 15.6 Å². The molecule has 0 radical (unpaired) electrons. The fraction of sp³-hybridized carbons (Fsp3) is 0.357. The summed E-state index contributed by atoms with van der Waals surface area (Å²) >= 11 is 5.95. The van der Waals surface area contributed by atoms with Gasteiger partial charge in [-0.15, -0.1) is 0 Å². The first-order valence-electron chi connectivity index (χ1n) is 6.66. The number of imidazole rings is 1. The van der Waals surface area contributed by atoms with Crippen molar-refractivity contribution in [3.8, 4) is 0 Å². The number of fused-ring (bicyclic) bond motifs is 1. The molecule has 7 heteroatoms. The number of carbonyl (C=O) groups excluding carboxylic acids is 2. The van der Waals surface area contributed by atoms with Crippen LogP contribution in [0.1, 0.15) is 20.8 Å². The predicted octanol–water partition coefficient (Wildman–Crippen LogP) is 2.17. The quantitative estimate of drug-likeness (QED) is 0.909. The number of hydrogen-bond donors (Lipinski definition) is 2. The van der Waals surface area contributed by atoms with Crippen LogP contribution < -0.4 is 10.6 Å². The van der Waals surface area contributed by atoms with E-state index in [9.17, 15) is 9.59 Å². The maximum Gasteiger partial charge on any atom is 0.248 e. The summed E-state index contributed by atoms with van der Waals surface area (Å²) < 4.78 is 1.88. The van der Waals surface area contributed by atoms with Gasteiger partial charge >= 0.3 is 0 Å². The Morgan fingerprint density at radius 2 is 2.14 bits per heavy atom. The number of aromatic nitrogens is 2. The van der Waals surface area contributed by atoms with Crippen molar-refractivity contribution in [2.75, 3.05) is 5.32 Å². The summed E-state index contributed by atoms with van der Waals surface area (Å²) in [5.41, 5.74) is 1.61. The molecule has 0 aliphatic heterocycles. The molecule has 2 amide bonds. The van der Waals surface area contributed by atoms with Gasteiger partial charge in [-0.2, -0.15) is 0 Å². The maximum absolute atomic E-state index is 12.1. The lowest BCUT2D eigenvalue weighted by molar-refractivity contribution is -0.124. The molecule has 0 saturated carbocycles. The average molecular weight is 309 g/mol. The first kappa shape index (κ1) is 15.3. The molecule has 6 nitrogen and oxygen atoms in total. The van der Waals surface area contributed by atoms with Crippen molar-refractivity contribution in [2.24, 2.45) is 0 Å². The van der Waals surface area contributed by atoms with Gasteiger partial charge in [0.2, 0.25) is 17.8 Å². The normalized spacial score (nSPS) is 12.2. The lowest BCUT2D eigenvalue weighted by Gasteiger charge is -2.13. The Balaban J connectivity index is 2.29. The zero-order valence-corrected chi connectivity index (χ0v) is 12.9. The molecular formula is C14H17ClN4O2. The zero-order chi connectivity index (χ0) is 15.6. The fourth-order valence-corrected chi connectivity index (χ4v) is 2.27. The number of nitrogens with zero attached hydrogens (tertiary/aromatic N) is 2. The van der Waals surface area contributed by atoms with Gasteiger partial charge in [-0.05, 0) is 32.0 Å². The van der Waals surface area contributed by atoms with Gasteiger partial charge < -0.3 is 9.88 Å². The lowest BCUT2D eigenvalue weighted by Crippen LogP contribution is -2.40. The second-order valence-electron chi connectivity index (χ2n) is 4.72. The number of halogens is 1. The largest absolute Gasteiger partial charge is 0.345 e. The van der Waals surface area contributed by atoms with Crippen molar-refractivity contribution in [2.45, 2.75) is 33.4 Å². The first-order valence-corrected chi connectivity index (χ1v) is 7.04. The monoisotopic (exact) mass is 308 g/mol. The second-order valence-corrected chi connectivity index (χ2v) is 5.16. The molecule has 1 atom stereocenters. The minimum absolute atomic E-state index is 0.256. The summed E-state index contributed by atoms with van der Waals surface area (Å²) in [6.07, 6.45) is 0. The number of aryl methyl sites for hydroxylation is 1. The second kappa shape index (κ2) is 6.13. The molecule has 2 aromatic rings. The third kappa shape index (κ3) is 3.33. The van der Waals surface area contributed by atoms with E-state index in [-0.39, 0.29) is 11.8 Å². The SMILES string of the molecule is CCn1c(NC(=O)[C@H](C)NC(C)=O)nc2cc(Cl)ccc21. The van der Waals surface area contributed by atoms with Gasteiger partial charge in [-0.1, -0.05) is 11.6 Å². The number of amides is 2. The Labute approximate surface area is 127 Å². The highest BCUT2D eigenvalue weighted by atomic mass is 35.5. The molecule has 1 aromatic carbocycles. The van der Waals surface area contributed by atoms with Gasteiger partial charge in [0.25, 0.3) is 0 Å². The van der Waals surface area contributed by atoms with Crippen LogP contribution in [0.5, 0.6) is 0 Å². The molecule has 0 fully saturated rings. The van der Waals surface area contributed by atoms with E-state index in [1.807, 2.05) is 17.6 Å². The van der Waals surface area contributed by atoms with Crippen LogP contribution in [0.4, 0.5) is 5.95 Å². The smallest absolute Gasteiger partial charge is 0.248 e. The van der Waals surface area contributed by atoms with Crippen molar-refractivity contribution in [1.29, 1.82) is 0 Å². The van der Waals surface area contributed by atoms with E-state index in [1.165, 1.54) is 6.92 Å². The molecule has 112 valence electrons. The average Bonchev–Trinajstić information content (AvgIpc) is 2.73. The minimum atomic E-state index is -0.629. The third-order valence-electron chi connectivity index (χ3n) is 3.07. The van der Waals surface area contributed by atoms with Crippen molar-refractivity contribution >= 4 is 40.4 Å². The Morgan fingerprint density at radius 1 is 1.43 bits per heavy atom. The van der Waals surface area contributed by atoms with Gasteiger partial charge in [-0.3, -0.25) is 14.9 Å². The molecule has 0 unspecified atom stereocenters. The van der Waals surface area contributed by atoms with Crippen LogP contribution in [0.15, 0.2) is 18.2 Å². The van der Waals surface area contributed by atoms with Crippen molar-refractivity contribution in [3.05, 3.63) is 23.2 Å². The van der Waals surface area contributed by atoms with Crippen molar-refractivity contribution < 1.29 is 9.59 Å². The Bertz CT molecular complexity index is 696. The topological polar surface area (TPSA) is 76.0 Å². The highest BCUT2D eigenvalue weighted by Crippen LogP contribution is 2.23. The van der Waals surface area contributed by atoms with Crippen LogP contribution >= 0.6 is 11.6 Å². The van der Waals surface area contributed by atoms with Crippen LogP contribution in [-0.4, -0.2) is 27.4 Å². The number of carbonyl (C=O) groups is 2. The molecule has 0 spiro atoms. The van der Waals surface area contributed by atoms with Crippen LogP contribution in [0.2, 0.25) is 5.02 Å². The molecule has 0 aliphatic rings.